The Hall–Kier alpha value is -4.79. The summed E-state index contributed by atoms with van der Waals surface area (Å²) in [5, 5.41) is 24.0. The number of ether oxygens (including phenoxy) is 1. The highest BCUT2D eigenvalue weighted by Gasteiger charge is 2.25. The highest BCUT2D eigenvalue weighted by atomic mass is 16.6. The normalized spacial score (nSPS) is 13.6. The molecule has 0 aliphatic heterocycles. The van der Waals surface area contributed by atoms with Crippen LogP contribution < -0.4 is 10.6 Å². The van der Waals surface area contributed by atoms with E-state index in [1.807, 2.05) is 24.3 Å². The molecule has 8 nitrogen and oxygen atoms in total. The fourth-order valence-electron chi connectivity index (χ4n) is 4.85. The summed E-state index contributed by atoms with van der Waals surface area (Å²) < 4.78 is 5.12. The van der Waals surface area contributed by atoms with Gasteiger partial charge in [-0.15, -0.1) is 0 Å². The molecular formula is C50H74N2O6. The number of hydrogen-bond acceptors (Lipinski definition) is 6. The zero-order valence-corrected chi connectivity index (χ0v) is 35.5. The summed E-state index contributed by atoms with van der Waals surface area (Å²) in [5.41, 5.74) is 0. The minimum Gasteiger partial charge on any atom is -0.456 e. The molecular weight excluding hydrogens is 725 g/mol. The quantitative estimate of drug-likeness (QED) is 0.0374. The molecule has 0 bridgehead atoms. The summed E-state index contributed by atoms with van der Waals surface area (Å²) in [6.07, 6.45) is 62.4. The zero-order chi connectivity index (χ0) is 42.4. The largest absolute Gasteiger partial charge is 0.456 e. The Bertz CT molecular complexity index is 1400. The number of nitrogens with one attached hydrogen (secondary N) is 2. The molecule has 0 aliphatic rings. The van der Waals surface area contributed by atoms with Gasteiger partial charge in [-0.1, -0.05) is 160 Å². The minimum atomic E-state index is -1.16. The van der Waals surface area contributed by atoms with E-state index >= 15 is 0 Å². The molecule has 8 heteroatoms. The monoisotopic (exact) mass is 799 g/mol. The number of esters is 1. The second kappa shape index (κ2) is 43.3. The van der Waals surface area contributed by atoms with Crippen LogP contribution in [0.4, 0.5) is 0 Å². The fraction of sp³-hybridized carbons (Fsp3) is 0.460. The van der Waals surface area contributed by atoms with Crippen molar-refractivity contribution in [3.05, 3.63) is 146 Å². The van der Waals surface area contributed by atoms with Crippen molar-refractivity contribution in [3.8, 4) is 0 Å². The van der Waals surface area contributed by atoms with Crippen molar-refractivity contribution in [1.29, 1.82) is 0 Å². The van der Waals surface area contributed by atoms with Crippen molar-refractivity contribution in [2.45, 2.75) is 129 Å². The SMILES string of the molecule is CC/C=C\C/C=C\C/C=C\C/C=C\C/C=C\C/C=C\CCC(=O)NC[C@H](NC(=O)CC/C=C\C/C=C\C/C=C\C/C=C\C/C=C\C/C=C\CC)C(=O)OC(CO)CO. The molecule has 0 spiro atoms. The summed E-state index contributed by atoms with van der Waals surface area (Å²) in [6.45, 7) is 2.97. The zero-order valence-electron chi connectivity index (χ0n) is 35.5. The van der Waals surface area contributed by atoms with Gasteiger partial charge in [0.05, 0.1) is 13.2 Å². The molecule has 1 atom stereocenters. The smallest absolute Gasteiger partial charge is 0.330 e. The first-order valence-electron chi connectivity index (χ1n) is 21.3. The second-order valence-corrected chi connectivity index (χ2v) is 13.3. The van der Waals surface area contributed by atoms with Gasteiger partial charge in [0.1, 0.15) is 12.1 Å². The lowest BCUT2D eigenvalue weighted by molar-refractivity contribution is -0.157. The summed E-state index contributed by atoms with van der Waals surface area (Å²) in [6, 6.07) is -1.16. The molecule has 0 unspecified atom stereocenters. The van der Waals surface area contributed by atoms with Gasteiger partial charge in [0.15, 0.2) is 0 Å². The average Bonchev–Trinajstić information content (AvgIpc) is 3.22. The van der Waals surface area contributed by atoms with Crippen LogP contribution in [0.5, 0.6) is 0 Å². The number of aliphatic hydroxyl groups is 2. The third-order valence-electron chi connectivity index (χ3n) is 8.08. The molecule has 58 heavy (non-hydrogen) atoms. The molecule has 4 N–H and O–H groups in total. The van der Waals surface area contributed by atoms with Gasteiger partial charge in [-0.2, -0.15) is 0 Å². The van der Waals surface area contributed by atoms with Crippen molar-refractivity contribution >= 4 is 17.8 Å². The molecule has 0 saturated carbocycles. The Morgan fingerprint density at radius 3 is 1.05 bits per heavy atom. The number of amides is 2. The van der Waals surface area contributed by atoms with E-state index in [1.54, 1.807) is 0 Å². The van der Waals surface area contributed by atoms with Crippen LogP contribution in [-0.2, 0) is 19.1 Å². The molecule has 0 heterocycles. The van der Waals surface area contributed by atoms with Crippen LogP contribution in [0, 0.1) is 0 Å². The van der Waals surface area contributed by atoms with E-state index in [9.17, 15) is 24.6 Å². The van der Waals surface area contributed by atoms with Crippen LogP contribution in [0.2, 0.25) is 0 Å². The Kier molecular flexibility index (Phi) is 39.8. The number of rotatable bonds is 35. The maximum atomic E-state index is 12.7. The van der Waals surface area contributed by atoms with Crippen LogP contribution in [-0.4, -0.2) is 59.9 Å². The van der Waals surface area contributed by atoms with Gasteiger partial charge in [-0.05, 0) is 89.9 Å². The molecule has 2 amide bonds. The van der Waals surface area contributed by atoms with Gasteiger partial charge in [-0.3, -0.25) is 9.59 Å². The number of hydrogen-bond donors (Lipinski definition) is 4. The predicted molar refractivity (Wildman–Crippen MR) is 244 cm³/mol. The van der Waals surface area contributed by atoms with E-state index in [0.717, 1.165) is 77.0 Å². The lowest BCUT2D eigenvalue weighted by atomic mass is 10.2. The van der Waals surface area contributed by atoms with E-state index in [-0.39, 0.29) is 31.2 Å². The van der Waals surface area contributed by atoms with Gasteiger partial charge in [-0.25, -0.2) is 4.79 Å². The fourth-order valence-corrected chi connectivity index (χ4v) is 4.85. The van der Waals surface area contributed by atoms with Crippen LogP contribution in [0.1, 0.15) is 117 Å². The highest BCUT2D eigenvalue weighted by Crippen LogP contribution is 2.02. The van der Waals surface area contributed by atoms with Gasteiger partial charge >= 0.3 is 5.97 Å². The summed E-state index contributed by atoms with van der Waals surface area (Å²) in [5.74, 6) is -1.49. The van der Waals surface area contributed by atoms with Gasteiger partial charge in [0.2, 0.25) is 11.8 Å². The first-order valence-corrected chi connectivity index (χ1v) is 21.3. The lowest BCUT2D eigenvalue weighted by Gasteiger charge is -2.21. The van der Waals surface area contributed by atoms with Crippen LogP contribution in [0.15, 0.2) is 146 Å². The molecule has 0 saturated heterocycles. The number of carbonyl (C=O) groups is 3. The molecule has 0 aliphatic carbocycles. The van der Waals surface area contributed by atoms with E-state index in [2.05, 4.69) is 146 Å². The maximum Gasteiger partial charge on any atom is 0.330 e. The Morgan fingerprint density at radius 2 is 0.741 bits per heavy atom. The highest BCUT2D eigenvalue weighted by molar-refractivity contribution is 5.85. The number of allylic oxidation sites excluding steroid dienone is 24. The lowest BCUT2D eigenvalue weighted by Crippen LogP contribution is -2.50. The third kappa shape index (κ3) is 38.1. The molecule has 0 aromatic heterocycles. The topological polar surface area (TPSA) is 125 Å². The summed E-state index contributed by atoms with van der Waals surface area (Å²) in [4.78, 5) is 37.9. The van der Waals surface area contributed by atoms with Gasteiger partial charge in [0, 0.05) is 19.4 Å². The van der Waals surface area contributed by atoms with Crippen molar-refractivity contribution in [1.82, 2.24) is 10.6 Å². The van der Waals surface area contributed by atoms with E-state index < -0.39 is 31.3 Å². The standard InChI is InChI=1S/C50H74N2O6/c1-3-5-7-9-11-13-15-17-19-21-23-25-27-29-31-33-35-37-39-41-48(55)51-43-47(50(57)58-46(44-53)45-54)52-49(56)42-40-38-36-34-32-30-28-26-24-22-20-18-16-14-12-10-8-6-4-2/h5-8,11-14,17-20,23-26,29-32,35-38,46-47,53-54H,3-4,9-10,15-16,21-22,27-28,33-34,39-45H2,1-2H3,(H,51,55)(H,52,56)/b7-5-,8-6-,13-11-,14-12-,19-17-,20-18-,25-23-,26-24-,31-29-,32-30-,37-35-,38-36-/t47-/m0/s1. The van der Waals surface area contributed by atoms with Crippen molar-refractivity contribution in [3.63, 3.8) is 0 Å². The minimum absolute atomic E-state index is 0.145. The van der Waals surface area contributed by atoms with E-state index in [4.69, 9.17) is 4.74 Å². The maximum absolute atomic E-state index is 12.7. The third-order valence-corrected chi connectivity index (χ3v) is 8.08. The van der Waals surface area contributed by atoms with Crippen LogP contribution >= 0.6 is 0 Å². The van der Waals surface area contributed by atoms with E-state index in [0.29, 0.717) is 12.8 Å². The van der Waals surface area contributed by atoms with Gasteiger partial charge < -0.3 is 25.6 Å². The number of aliphatic hydroxyl groups excluding tert-OH is 2. The summed E-state index contributed by atoms with van der Waals surface area (Å²) in [7, 11) is 0. The van der Waals surface area contributed by atoms with Gasteiger partial charge in [0.25, 0.3) is 0 Å². The van der Waals surface area contributed by atoms with Crippen molar-refractivity contribution < 1.29 is 29.3 Å². The van der Waals surface area contributed by atoms with E-state index in [1.165, 1.54) is 0 Å². The average molecular weight is 799 g/mol. The Morgan fingerprint density at radius 1 is 0.448 bits per heavy atom. The first kappa shape index (κ1) is 53.2. The molecule has 0 fully saturated rings. The Labute approximate surface area is 351 Å². The molecule has 0 aromatic carbocycles. The predicted octanol–water partition coefficient (Wildman–Crippen LogP) is 10.4. The van der Waals surface area contributed by atoms with Crippen LogP contribution in [0.25, 0.3) is 0 Å². The number of carbonyl (C=O) groups excluding carboxylic acids is 3. The van der Waals surface area contributed by atoms with Crippen molar-refractivity contribution in [2.24, 2.45) is 0 Å². The molecule has 320 valence electrons. The second-order valence-electron chi connectivity index (χ2n) is 13.3. The van der Waals surface area contributed by atoms with Crippen LogP contribution in [0.3, 0.4) is 0 Å². The molecule has 0 radical (unpaired) electrons. The first-order chi connectivity index (χ1) is 28.5. The summed E-state index contributed by atoms with van der Waals surface area (Å²) >= 11 is 0. The molecule has 0 rings (SSSR count). The Balaban J connectivity index is 4.42. The molecule has 0 aromatic rings. The van der Waals surface area contributed by atoms with Crippen molar-refractivity contribution in [2.75, 3.05) is 19.8 Å².